The summed E-state index contributed by atoms with van der Waals surface area (Å²) in [6.45, 7) is 5.23. The minimum Gasteiger partial charge on any atom is -0.464 e. The van der Waals surface area contributed by atoms with Crippen LogP contribution in [-0.2, 0) is 14.3 Å². The summed E-state index contributed by atoms with van der Waals surface area (Å²) >= 11 is 0. The zero-order valence-electron chi connectivity index (χ0n) is 12.0. The average molecular weight is 256 g/mol. The van der Waals surface area contributed by atoms with Crippen molar-refractivity contribution >= 4 is 6.29 Å². The largest absolute Gasteiger partial charge is 0.464 e. The third-order valence-electron chi connectivity index (χ3n) is 2.72. The van der Waals surface area contributed by atoms with E-state index in [4.69, 9.17) is 9.47 Å². The molecule has 3 nitrogen and oxygen atoms in total. The van der Waals surface area contributed by atoms with Crippen LogP contribution in [0, 0.1) is 0 Å². The molecule has 0 atom stereocenters. The molecule has 0 bridgehead atoms. The fraction of sp³-hybridized carbons (Fsp3) is 0.800. The summed E-state index contributed by atoms with van der Waals surface area (Å²) < 4.78 is 10.5. The molecule has 106 valence electrons. The third kappa shape index (κ3) is 11.6. The maximum absolute atomic E-state index is 10.7. The molecule has 0 unspecified atom stereocenters. The second kappa shape index (κ2) is 14.2. The zero-order chi connectivity index (χ0) is 13.5. The Kier molecular flexibility index (Phi) is 13.6. The monoisotopic (exact) mass is 256 g/mol. The Morgan fingerprint density at radius 2 is 1.72 bits per heavy atom. The molecule has 0 saturated carbocycles. The van der Waals surface area contributed by atoms with E-state index in [0.717, 1.165) is 25.5 Å². The molecule has 0 saturated heterocycles. The van der Waals surface area contributed by atoms with E-state index in [-0.39, 0.29) is 6.79 Å². The Balaban J connectivity index is 3.50. The van der Waals surface area contributed by atoms with Gasteiger partial charge in [0.05, 0.1) is 6.61 Å². The second-order valence-electron chi connectivity index (χ2n) is 4.45. The van der Waals surface area contributed by atoms with Gasteiger partial charge in [0.15, 0.2) is 18.8 Å². The lowest BCUT2D eigenvalue weighted by molar-refractivity contribution is -0.111. The van der Waals surface area contributed by atoms with Gasteiger partial charge >= 0.3 is 0 Å². The molecule has 0 heterocycles. The lowest BCUT2D eigenvalue weighted by Gasteiger charge is -2.06. The fourth-order valence-corrected chi connectivity index (χ4v) is 1.58. The Labute approximate surface area is 112 Å². The average Bonchev–Trinajstić information content (AvgIpc) is 2.40. The van der Waals surface area contributed by atoms with Gasteiger partial charge in [-0.15, -0.1) is 0 Å². The van der Waals surface area contributed by atoms with E-state index < -0.39 is 0 Å². The Hall–Kier alpha value is -0.830. The van der Waals surface area contributed by atoms with Crippen LogP contribution in [0.3, 0.4) is 0 Å². The molecule has 0 spiro atoms. The molecular weight excluding hydrogens is 228 g/mol. The van der Waals surface area contributed by atoms with Crippen LogP contribution in [0.15, 0.2) is 11.8 Å². The second-order valence-corrected chi connectivity index (χ2v) is 4.45. The normalized spacial score (nSPS) is 11.6. The van der Waals surface area contributed by atoms with Crippen LogP contribution < -0.4 is 0 Å². The molecule has 0 aromatic heterocycles. The van der Waals surface area contributed by atoms with Crippen LogP contribution in [-0.4, -0.2) is 19.7 Å². The first-order chi connectivity index (χ1) is 8.85. The van der Waals surface area contributed by atoms with Crippen LogP contribution in [0.25, 0.3) is 0 Å². The molecule has 0 aromatic carbocycles. The van der Waals surface area contributed by atoms with E-state index >= 15 is 0 Å². The summed E-state index contributed by atoms with van der Waals surface area (Å²) in [5, 5.41) is 0. The highest BCUT2D eigenvalue weighted by molar-refractivity contribution is 5.69. The molecule has 0 radical (unpaired) electrons. The smallest absolute Gasteiger partial charge is 0.189 e. The Bertz CT molecular complexity index is 212. The van der Waals surface area contributed by atoms with Crippen molar-refractivity contribution < 1.29 is 14.3 Å². The van der Waals surface area contributed by atoms with E-state index in [9.17, 15) is 4.79 Å². The first-order valence-electron chi connectivity index (χ1n) is 7.21. The summed E-state index contributed by atoms with van der Waals surface area (Å²) in [4.78, 5) is 10.7. The van der Waals surface area contributed by atoms with Gasteiger partial charge in [-0.1, -0.05) is 46.0 Å². The van der Waals surface area contributed by atoms with Gasteiger partial charge < -0.3 is 9.47 Å². The van der Waals surface area contributed by atoms with Crippen molar-refractivity contribution in [2.75, 3.05) is 13.4 Å². The predicted octanol–water partition coefficient (Wildman–Crippen LogP) is 4.22. The lowest BCUT2D eigenvalue weighted by atomic mass is 10.1. The summed E-state index contributed by atoms with van der Waals surface area (Å²) in [5.74, 6) is 0.405. The number of carbonyl (C=O) groups is 1. The summed E-state index contributed by atoms with van der Waals surface area (Å²) in [6, 6.07) is 0. The number of rotatable bonds is 13. The number of carbonyl (C=O) groups excluding carboxylic acids is 1. The van der Waals surface area contributed by atoms with E-state index in [1.54, 1.807) is 0 Å². The first-order valence-corrected chi connectivity index (χ1v) is 7.21. The molecule has 0 fully saturated rings. The van der Waals surface area contributed by atoms with Gasteiger partial charge in [0.25, 0.3) is 0 Å². The van der Waals surface area contributed by atoms with E-state index in [1.807, 2.05) is 6.08 Å². The number of aldehydes is 1. The summed E-state index contributed by atoms with van der Waals surface area (Å²) in [6.07, 6.45) is 11.8. The molecule has 0 rings (SSSR count). The SMILES string of the molecule is CCCCCCC=C(C=O)OCOCCCCC. The zero-order valence-corrected chi connectivity index (χ0v) is 12.0. The highest BCUT2D eigenvalue weighted by Crippen LogP contribution is 2.05. The molecule has 3 heteroatoms. The van der Waals surface area contributed by atoms with Crippen molar-refractivity contribution in [1.82, 2.24) is 0 Å². The van der Waals surface area contributed by atoms with Crippen LogP contribution in [0.4, 0.5) is 0 Å². The highest BCUT2D eigenvalue weighted by atomic mass is 16.7. The third-order valence-corrected chi connectivity index (χ3v) is 2.72. The quantitative estimate of drug-likeness (QED) is 0.163. The van der Waals surface area contributed by atoms with Crippen LogP contribution in [0.5, 0.6) is 0 Å². The van der Waals surface area contributed by atoms with Gasteiger partial charge in [0, 0.05) is 0 Å². The molecule has 0 aliphatic rings. The predicted molar refractivity (Wildman–Crippen MR) is 74.3 cm³/mol. The first kappa shape index (κ1) is 17.2. The molecule has 0 aliphatic carbocycles. The minimum absolute atomic E-state index is 0.184. The molecule has 18 heavy (non-hydrogen) atoms. The fourth-order valence-electron chi connectivity index (χ4n) is 1.58. The van der Waals surface area contributed by atoms with Crippen LogP contribution >= 0.6 is 0 Å². The van der Waals surface area contributed by atoms with Crippen molar-refractivity contribution in [2.24, 2.45) is 0 Å². The van der Waals surface area contributed by atoms with Crippen molar-refractivity contribution in [3.63, 3.8) is 0 Å². The summed E-state index contributed by atoms with van der Waals surface area (Å²) in [7, 11) is 0. The van der Waals surface area contributed by atoms with E-state index in [2.05, 4.69) is 13.8 Å². The molecule has 0 aliphatic heterocycles. The maximum atomic E-state index is 10.7. The molecule has 0 aromatic rings. The van der Waals surface area contributed by atoms with Gasteiger partial charge in [0.2, 0.25) is 0 Å². The van der Waals surface area contributed by atoms with Gasteiger partial charge in [-0.3, -0.25) is 4.79 Å². The van der Waals surface area contributed by atoms with Crippen LogP contribution in [0.1, 0.15) is 65.2 Å². The van der Waals surface area contributed by atoms with Crippen molar-refractivity contribution in [1.29, 1.82) is 0 Å². The number of hydrogen-bond donors (Lipinski definition) is 0. The minimum atomic E-state index is 0.184. The summed E-state index contributed by atoms with van der Waals surface area (Å²) in [5.41, 5.74) is 0. The number of hydrogen-bond acceptors (Lipinski definition) is 3. The number of unbranched alkanes of at least 4 members (excludes halogenated alkanes) is 6. The van der Waals surface area contributed by atoms with Crippen molar-refractivity contribution in [2.45, 2.75) is 65.2 Å². The number of allylic oxidation sites excluding steroid dienone is 2. The van der Waals surface area contributed by atoms with Gasteiger partial charge in [-0.2, -0.15) is 0 Å². The van der Waals surface area contributed by atoms with E-state index in [1.165, 1.54) is 32.1 Å². The van der Waals surface area contributed by atoms with Crippen molar-refractivity contribution in [3.05, 3.63) is 11.8 Å². The molecule has 0 amide bonds. The number of ether oxygens (including phenoxy) is 2. The van der Waals surface area contributed by atoms with Gasteiger partial charge in [-0.05, 0) is 25.3 Å². The lowest BCUT2D eigenvalue weighted by Crippen LogP contribution is -2.02. The standard InChI is InChI=1S/C15H28O3/c1-3-5-7-8-9-11-15(13-16)18-14-17-12-10-6-4-2/h11,13H,3-10,12,14H2,1-2H3. The molecule has 0 N–H and O–H groups in total. The Morgan fingerprint density at radius 1 is 1.00 bits per heavy atom. The highest BCUT2D eigenvalue weighted by Gasteiger charge is 1.96. The van der Waals surface area contributed by atoms with Crippen LogP contribution in [0.2, 0.25) is 0 Å². The topological polar surface area (TPSA) is 35.5 Å². The van der Waals surface area contributed by atoms with Crippen molar-refractivity contribution in [3.8, 4) is 0 Å². The van der Waals surface area contributed by atoms with E-state index in [0.29, 0.717) is 12.4 Å². The van der Waals surface area contributed by atoms with Gasteiger partial charge in [0.1, 0.15) is 0 Å². The maximum Gasteiger partial charge on any atom is 0.189 e. The Morgan fingerprint density at radius 3 is 2.39 bits per heavy atom. The molecular formula is C15H28O3. The van der Waals surface area contributed by atoms with Gasteiger partial charge in [-0.25, -0.2) is 0 Å².